The van der Waals surface area contributed by atoms with Crippen LogP contribution in [0.3, 0.4) is 0 Å². The van der Waals surface area contributed by atoms with Crippen LogP contribution in [0.25, 0.3) is 0 Å². The van der Waals surface area contributed by atoms with Crippen LogP contribution in [0.2, 0.25) is 0 Å². The Hall–Kier alpha value is -2.85. The summed E-state index contributed by atoms with van der Waals surface area (Å²) in [4.78, 5) is 27.4. The van der Waals surface area contributed by atoms with Crippen LogP contribution in [0.15, 0.2) is 60.7 Å². The lowest BCUT2D eigenvalue weighted by atomic mass is 10.0. The number of carbonyl (C=O) groups is 2. The molecule has 3 saturated heterocycles. The molecule has 1 amide bonds. The van der Waals surface area contributed by atoms with Gasteiger partial charge in [-0.3, -0.25) is 9.69 Å². The number of benzene rings is 2. The molecule has 0 saturated carbocycles. The zero-order valence-electron chi connectivity index (χ0n) is 17.5. The first kappa shape index (κ1) is 21.0. The number of nitrogens with zero attached hydrogens (tertiary/aromatic N) is 1. The second kappa shape index (κ2) is 7.63. The van der Waals surface area contributed by atoms with E-state index in [0.717, 1.165) is 0 Å². The number of thiocarbonyl (C=S) groups is 1. The van der Waals surface area contributed by atoms with Gasteiger partial charge >= 0.3 is 5.97 Å². The molecule has 1 spiro atoms. The molecule has 9 heteroatoms. The Balaban J connectivity index is 1.41. The summed E-state index contributed by atoms with van der Waals surface area (Å²) in [5, 5.41) is 3.23. The fourth-order valence-electron chi connectivity index (χ4n) is 4.30. The van der Waals surface area contributed by atoms with Crippen molar-refractivity contribution in [1.29, 1.82) is 0 Å². The highest BCUT2D eigenvalue weighted by molar-refractivity contribution is 7.80. The fourth-order valence-corrected chi connectivity index (χ4v) is 4.64. The number of anilines is 1. The monoisotopic (exact) mass is 454 g/mol. The highest BCUT2D eigenvalue weighted by Gasteiger charge is 2.70. The van der Waals surface area contributed by atoms with E-state index in [4.69, 9.17) is 31.2 Å². The molecular formula is C23H22N2O6S. The summed E-state index contributed by atoms with van der Waals surface area (Å²) in [7, 11) is 0. The minimum absolute atomic E-state index is 0.108. The maximum absolute atomic E-state index is 13.6. The van der Waals surface area contributed by atoms with E-state index in [2.05, 4.69) is 5.32 Å². The van der Waals surface area contributed by atoms with Crippen LogP contribution in [0.5, 0.6) is 0 Å². The molecule has 2 aromatic rings. The van der Waals surface area contributed by atoms with Crippen molar-refractivity contribution in [1.82, 2.24) is 5.32 Å². The van der Waals surface area contributed by atoms with E-state index in [-0.39, 0.29) is 11.7 Å². The smallest absolute Gasteiger partial charge is 0.338 e. The van der Waals surface area contributed by atoms with E-state index in [1.165, 1.54) is 4.90 Å². The van der Waals surface area contributed by atoms with Gasteiger partial charge in [0.25, 0.3) is 11.6 Å². The largest absolute Gasteiger partial charge is 0.459 e. The molecule has 8 nitrogen and oxygen atoms in total. The van der Waals surface area contributed by atoms with Crippen molar-refractivity contribution in [2.45, 2.75) is 43.7 Å². The van der Waals surface area contributed by atoms with E-state index in [0.29, 0.717) is 11.3 Å². The molecule has 0 radical (unpaired) electrons. The molecule has 1 N–H and O–H groups in total. The zero-order chi connectivity index (χ0) is 22.5. The lowest BCUT2D eigenvalue weighted by Crippen LogP contribution is -2.56. The van der Waals surface area contributed by atoms with Crippen molar-refractivity contribution in [2.75, 3.05) is 11.5 Å². The summed E-state index contributed by atoms with van der Waals surface area (Å²) in [5.74, 6) is -1.84. The van der Waals surface area contributed by atoms with Gasteiger partial charge in [-0.05, 0) is 50.3 Å². The zero-order valence-corrected chi connectivity index (χ0v) is 18.3. The van der Waals surface area contributed by atoms with Crippen LogP contribution in [0, 0.1) is 0 Å². The Morgan fingerprint density at radius 2 is 1.72 bits per heavy atom. The van der Waals surface area contributed by atoms with E-state index in [1.807, 2.05) is 24.3 Å². The number of para-hydroxylation sites is 1. The molecule has 3 aliphatic rings. The van der Waals surface area contributed by atoms with Gasteiger partial charge in [0.2, 0.25) is 0 Å². The average molecular weight is 455 g/mol. The van der Waals surface area contributed by atoms with Gasteiger partial charge in [-0.25, -0.2) is 4.79 Å². The molecule has 0 bridgehead atoms. The van der Waals surface area contributed by atoms with E-state index in [1.54, 1.807) is 50.2 Å². The van der Waals surface area contributed by atoms with Gasteiger partial charge in [0.15, 0.2) is 10.9 Å². The molecule has 32 heavy (non-hydrogen) atoms. The third-order valence-corrected chi connectivity index (χ3v) is 5.94. The molecule has 2 aromatic carbocycles. The van der Waals surface area contributed by atoms with E-state index in [9.17, 15) is 9.59 Å². The average Bonchev–Trinajstić information content (AvgIpc) is 3.34. The number of carbonyl (C=O) groups excluding carboxylic acids is 2. The van der Waals surface area contributed by atoms with Crippen LogP contribution in [-0.4, -0.2) is 53.4 Å². The van der Waals surface area contributed by atoms with Gasteiger partial charge in [0.05, 0.1) is 11.3 Å². The third kappa shape index (κ3) is 3.38. The summed E-state index contributed by atoms with van der Waals surface area (Å²) >= 11 is 5.47. The van der Waals surface area contributed by atoms with Crippen LogP contribution in [0.1, 0.15) is 24.2 Å². The van der Waals surface area contributed by atoms with Crippen LogP contribution in [-0.2, 0) is 23.7 Å². The highest BCUT2D eigenvalue weighted by Crippen LogP contribution is 2.46. The number of ether oxygens (including phenoxy) is 4. The second-order valence-electron chi connectivity index (χ2n) is 8.28. The Morgan fingerprint density at radius 3 is 2.41 bits per heavy atom. The Kier molecular flexibility index (Phi) is 5.01. The maximum Gasteiger partial charge on any atom is 0.338 e. The van der Waals surface area contributed by atoms with Gasteiger partial charge in [-0.1, -0.05) is 36.4 Å². The van der Waals surface area contributed by atoms with Crippen molar-refractivity contribution >= 4 is 34.9 Å². The maximum atomic E-state index is 13.6. The van der Waals surface area contributed by atoms with E-state index >= 15 is 0 Å². The SMILES string of the molecule is CC1(C)O[C@H]2[C@@H](O1)[C@@]1(NC(=S)N(c3ccccc3)C1=O)O[C@@H]2COC(=O)c1ccccc1. The van der Waals surface area contributed by atoms with Crippen molar-refractivity contribution in [3.05, 3.63) is 66.2 Å². The summed E-state index contributed by atoms with van der Waals surface area (Å²) in [6.07, 6.45) is -2.15. The first-order chi connectivity index (χ1) is 15.3. The van der Waals surface area contributed by atoms with Gasteiger partial charge in [0, 0.05) is 0 Å². The molecule has 4 atom stereocenters. The third-order valence-electron chi connectivity index (χ3n) is 5.65. The second-order valence-corrected chi connectivity index (χ2v) is 8.67. The molecule has 0 unspecified atom stereocenters. The van der Waals surface area contributed by atoms with Gasteiger partial charge in [0.1, 0.15) is 24.9 Å². The van der Waals surface area contributed by atoms with Gasteiger partial charge in [-0.2, -0.15) is 0 Å². The van der Waals surface area contributed by atoms with Crippen molar-refractivity contribution in [2.24, 2.45) is 0 Å². The summed E-state index contributed by atoms with van der Waals surface area (Å²) < 4.78 is 23.8. The minimum Gasteiger partial charge on any atom is -0.459 e. The molecule has 3 fully saturated rings. The molecular weight excluding hydrogens is 432 g/mol. The Morgan fingerprint density at radius 1 is 1.06 bits per heavy atom. The number of fused-ring (bicyclic) bond motifs is 2. The highest BCUT2D eigenvalue weighted by atomic mass is 32.1. The lowest BCUT2D eigenvalue weighted by molar-refractivity contribution is -0.212. The van der Waals surface area contributed by atoms with E-state index < -0.39 is 41.7 Å². The minimum atomic E-state index is -1.57. The Labute approximate surface area is 190 Å². The predicted molar refractivity (Wildman–Crippen MR) is 118 cm³/mol. The normalized spacial score (nSPS) is 30.4. The number of nitrogens with one attached hydrogen (secondary N) is 1. The quantitative estimate of drug-likeness (QED) is 0.557. The first-order valence-electron chi connectivity index (χ1n) is 10.3. The van der Waals surface area contributed by atoms with Crippen LogP contribution < -0.4 is 10.2 Å². The number of hydrogen-bond donors (Lipinski definition) is 1. The lowest BCUT2D eigenvalue weighted by Gasteiger charge is -2.29. The van der Waals surface area contributed by atoms with Crippen molar-refractivity contribution in [3.8, 4) is 0 Å². The van der Waals surface area contributed by atoms with Crippen molar-refractivity contribution < 1.29 is 28.5 Å². The summed E-state index contributed by atoms with van der Waals surface area (Å²) in [6, 6.07) is 17.7. The number of amides is 1. The fraction of sp³-hybridized carbons (Fsp3) is 0.348. The van der Waals surface area contributed by atoms with Crippen LogP contribution >= 0.6 is 12.2 Å². The molecule has 5 rings (SSSR count). The predicted octanol–water partition coefficient (Wildman–Crippen LogP) is 2.38. The Bertz CT molecular complexity index is 1060. The molecule has 0 aromatic heterocycles. The van der Waals surface area contributed by atoms with Crippen LogP contribution in [0.4, 0.5) is 5.69 Å². The number of rotatable bonds is 4. The molecule has 166 valence electrons. The number of hydrogen-bond acceptors (Lipinski definition) is 7. The van der Waals surface area contributed by atoms with Gasteiger partial charge < -0.3 is 24.3 Å². The standard InChI is InChI=1S/C23H22N2O6S/c1-22(2)30-17-16(13-28-19(26)14-9-5-3-6-10-14)29-23(18(17)31-22)20(27)25(21(32)24-23)15-11-7-4-8-12-15/h3-12,16-18H,13H2,1-2H3,(H,24,32)/t16-,17-,18-,23-/m1/s1. The first-order valence-corrected chi connectivity index (χ1v) is 10.7. The van der Waals surface area contributed by atoms with Gasteiger partial charge in [-0.15, -0.1) is 0 Å². The van der Waals surface area contributed by atoms with Crippen molar-refractivity contribution in [3.63, 3.8) is 0 Å². The molecule has 3 heterocycles. The summed E-state index contributed by atoms with van der Waals surface area (Å²) in [6.45, 7) is 3.42. The topological polar surface area (TPSA) is 86.3 Å². The molecule has 3 aliphatic heterocycles. The summed E-state index contributed by atoms with van der Waals surface area (Å²) in [5.41, 5.74) is -0.536. The molecule has 0 aliphatic carbocycles. The number of esters is 1.